The lowest BCUT2D eigenvalue weighted by molar-refractivity contribution is 0.0204. The number of carbonyl (C=O) groups excluding carboxylic acids is 1. The molecule has 1 aliphatic heterocycles. The second-order valence-corrected chi connectivity index (χ2v) is 9.16. The molecular formula is C22H29ClFN3O4. The highest BCUT2D eigenvalue weighted by atomic mass is 35.5. The van der Waals surface area contributed by atoms with Crippen molar-refractivity contribution >= 4 is 28.6 Å². The molecule has 0 saturated carbocycles. The van der Waals surface area contributed by atoms with E-state index in [1.165, 1.54) is 19.4 Å². The Balaban J connectivity index is 1.64. The predicted octanol–water partition coefficient (Wildman–Crippen LogP) is 3.54. The lowest BCUT2D eigenvalue weighted by atomic mass is 10.0. The van der Waals surface area contributed by atoms with Gasteiger partial charge in [0.15, 0.2) is 5.82 Å². The molecule has 1 aromatic heterocycles. The van der Waals surface area contributed by atoms with Crippen molar-refractivity contribution in [2.45, 2.75) is 51.4 Å². The van der Waals surface area contributed by atoms with Gasteiger partial charge in [-0.15, -0.1) is 0 Å². The molecule has 1 amide bonds. The van der Waals surface area contributed by atoms with E-state index in [4.69, 9.17) is 21.1 Å². The average molecular weight is 454 g/mol. The Hall–Kier alpha value is -2.16. The van der Waals surface area contributed by atoms with E-state index in [1.807, 2.05) is 0 Å². The molecule has 2 atom stereocenters. The predicted molar refractivity (Wildman–Crippen MR) is 117 cm³/mol. The molecule has 0 aliphatic carbocycles. The second kappa shape index (κ2) is 9.54. The van der Waals surface area contributed by atoms with Gasteiger partial charge in [-0.3, -0.25) is 4.98 Å². The zero-order chi connectivity index (χ0) is 22.8. The number of hydrogen-bond acceptors (Lipinski definition) is 6. The van der Waals surface area contributed by atoms with Gasteiger partial charge < -0.3 is 24.8 Å². The van der Waals surface area contributed by atoms with E-state index in [2.05, 4.69) is 15.2 Å². The molecule has 0 unspecified atom stereocenters. The van der Waals surface area contributed by atoms with Crippen molar-refractivity contribution < 1.29 is 23.8 Å². The third kappa shape index (κ3) is 5.96. The molecule has 1 aliphatic rings. The monoisotopic (exact) mass is 453 g/mol. The van der Waals surface area contributed by atoms with Crippen LogP contribution in [0.1, 0.15) is 32.8 Å². The molecule has 1 fully saturated rings. The molecular weight excluding hydrogens is 425 g/mol. The van der Waals surface area contributed by atoms with Gasteiger partial charge >= 0.3 is 6.09 Å². The van der Waals surface area contributed by atoms with Crippen LogP contribution in [0.2, 0.25) is 5.02 Å². The first-order chi connectivity index (χ1) is 14.6. The first-order valence-electron chi connectivity index (χ1n) is 10.3. The fraction of sp³-hybridized carbons (Fsp3) is 0.545. The molecule has 7 nitrogen and oxygen atoms in total. The highest BCUT2D eigenvalue weighted by Crippen LogP contribution is 2.30. The Kier molecular flexibility index (Phi) is 7.24. The molecule has 1 saturated heterocycles. The van der Waals surface area contributed by atoms with Crippen LogP contribution in [0.15, 0.2) is 18.3 Å². The van der Waals surface area contributed by atoms with Crippen molar-refractivity contribution in [1.82, 2.24) is 15.2 Å². The summed E-state index contributed by atoms with van der Waals surface area (Å²) in [7, 11) is 1.48. The van der Waals surface area contributed by atoms with Crippen LogP contribution in [0.25, 0.3) is 10.9 Å². The molecule has 0 bridgehead atoms. The van der Waals surface area contributed by atoms with Crippen LogP contribution in [-0.2, 0) is 11.2 Å². The Morgan fingerprint density at radius 3 is 2.81 bits per heavy atom. The number of likely N-dealkylation sites (tertiary alicyclic amines) is 1. The number of pyridine rings is 1. The summed E-state index contributed by atoms with van der Waals surface area (Å²) in [6.45, 7) is 7.09. The summed E-state index contributed by atoms with van der Waals surface area (Å²) >= 11 is 6.38. The maximum Gasteiger partial charge on any atom is 0.407 e. The molecule has 31 heavy (non-hydrogen) atoms. The quantitative estimate of drug-likeness (QED) is 0.720. The molecule has 170 valence electrons. The van der Waals surface area contributed by atoms with Crippen LogP contribution in [0.5, 0.6) is 5.75 Å². The van der Waals surface area contributed by atoms with Gasteiger partial charge in [0, 0.05) is 37.3 Å². The summed E-state index contributed by atoms with van der Waals surface area (Å²) in [6.07, 6.45) is 1.36. The number of methoxy groups -OCH3 is 1. The van der Waals surface area contributed by atoms with E-state index in [9.17, 15) is 14.3 Å². The van der Waals surface area contributed by atoms with E-state index in [1.54, 1.807) is 26.8 Å². The number of carbonyl (C=O) groups is 1. The summed E-state index contributed by atoms with van der Waals surface area (Å²) in [4.78, 5) is 18.2. The van der Waals surface area contributed by atoms with Crippen molar-refractivity contribution in [2.24, 2.45) is 0 Å². The lowest BCUT2D eigenvalue weighted by Crippen LogP contribution is -2.54. The zero-order valence-corrected chi connectivity index (χ0v) is 19.0. The summed E-state index contributed by atoms with van der Waals surface area (Å²) < 4.78 is 24.8. The van der Waals surface area contributed by atoms with Crippen LogP contribution >= 0.6 is 11.6 Å². The first-order valence-corrected chi connectivity index (χ1v) is 10.7. The van der Waals surface area contributed by atoms with E-state index in [-0.39, 0.29) is 11.6 Å². The number of alkyl carbamates (subject to hydrolysis) is 1. The molecule has 3 rings (SSSR count). The first kappa shape index (κ1) is 23.5. The van der Waals surface area contributed by atoms with Gasteiger partial charge in [0.1, 0.15) is 16.9 Å². The number of fused-ring (bicyclic) bond motifs is 1. The summed E-state index contributed by atoms with van der Waals surface area (Å²) in [5.74, 6) is -0.0588. The Morgan fingerprint density at radius 1 is 1.42 bits per heavy atom. The standard InChI is InChI=1S/C22H29ClFN3O4/c1-22(2,3)31-21(29)26-18-6-8-27(12-19(18)28)7-5-14-15-9-13(30-4)10-17(24)20(15)25-11-16(14)23/h9-11,18-19,28H,5-8,12H2,1-4H3,(H,26,29)/t18-,19+/m0/s1. The maximum atomic E-state index is 14.4. The van der Waals surface area contributed by atoms with E-state index in [0.29, 0.717) is 48.6 Å². The van der Waals surface area contributed by atoms with Crippen LogP contribution in [0.3, 0.4) is 0 Å². The van der Waals surface area contributed by atoms with Gasteiger partial charge in [0.25, 0.3) is 0 Å². The number of amides is 1. The molecule has 9 heteroatoms. The number of nitrogens with one attached hydrogen (secondary N) is 1. The number of rotatable bonds is 5. The largest absolute Gasteiger partial charge is 0.497 e. The maximum absolute atomic E-state index is 14.4. The van der Waals surface area contributed by atoms with Crippen LogP contribution in [0.4, 0.5) is 9.18 Å². The number of nitrogens with zero attached hydrogens (tertiary/aromatic N) is 2. The van der Waals surface area contributed by atoms with Gasteiger partial charge in [0.2, 0.25) is 0 Å². The fourth-order valence-corrected chi connectivity index (χ4v) is 3.98. The number of benzene rings is 1. The number of hydrogen-bond donors (Lipinski definition) is 2. The van der Waals surface area contributed by atoms with Gasteiger partial charge in [-0.2, -0.15) is 0 Å². The number of aliphatic hydroxyl groups is 1. The zero-order valence-electron chi connectivity index (χ0n) is 18.2. The fourth-order valence-electron chi connectivity index (χ4n) is 3.73. The van der Waals surface area contributed by atoms with Crippen molar-refractivity contribution in [3.8, 4) is 5.75 Å². The molecule has 1 aromatic carbocycles. The Bertz CT molecular complexity index is 950. The highest BCUT2D eigenvalue weighted by molar-refractivity contribution is 6.32. The normalized spacial score (nSPS) is 20.0. The SMILES string of the molecule is COc1cc(F)c2ncc(Cl)c(CCN3CC[C@H](NC(=O)OC(C)(C)C)[C@H](O)C3)c2c1. The van der Waals surface area contributed by atoms with Crippen molar-refractivity contribution in [3.05, 3.63) is 34.7 Å². The average Bonchev–Trinajstić information content (AvgIpc) is 2.67. The van der Waals surface area contributed by atoms with E-state index >= 15 is 0 Å². The number of β-amino-alcohol motifs (C(OH)–C–C–N with tert-alkyl or cyclic N) is 1. The van der Waals surface area contributed by atoms with Crippen LogP contribution in [-0.4, -0.2) is 65.6 Å². The Morgan fingerprint density at radius 2 is 2.16 bits per heavy atom. The number of ether oxygens (including phenoxy) is 2. The number of aliphatic hydroxyl groups excluding tert-OH is 1. The summed E-state index contributed by atoms with van der Waals surface area (Å²) in [6, 6.07) is 2.67. The minimum Gasteiger partial charge on any atom is -0.497 e. The van der Waals surface area contributed by atoms with Gasteiger partial charge in [-0.05, 0) is 45.2 Å². The van der Waals surface area contributed by atoms with Crippen molar-refractivity contribution in [3.63, 3.8) is 0 Å². The minimum absolute atomic E-state index is 0.250. The van der Waals surface area contributed by atoms with Crippen LogP contribution in [0, 0.1) is 5.82 Å². The summed E-state index contributed by atoms with van der Waals surface area (Å²) in [5, 5.41) is 14.3. The third-order valence-electron chi connectivity index (χ3n) is 5.24. The third-order valence-corrected chi connectivity index (χ3v) is 5.56. The molecule has 0 radical (unpaired) electrons. The minimum atomic E-state index is -0.719. The number of aromatic nitrogens is 1. The highest BCUT2D eigenvalue weighted by Gasteiger charge is 2.30. The molecule has 0 spiro atoms. The smallest absolute Gasteiger partial charge is 0.407 e. The lowest BCUT2D eigenvalue weighted by Gasteiger charge is -2.36. The molecule has 2 heterocycles. The number of piperidine rings is 1. The van der Waals surface area contributed by atoms with Gasteiger partial charge in [-0.25, -0.2) is 9.18 Å². The molecule has 2 aromatic rings. The van der Waals surface area contributed by atoms with Crippen LogP contribution < -0.4 is 10.1 Å². The topological polar surface area (TPSA) is 83.9 Å². The Labute approximate surface area is 186 Å². The molecule has 2 N–H and O–H groups in total. The van der Waals surface area contributed by atoms with Gasteiger partial charge in [0.05, 0.1) is 24.3 Å². The van der Waals surface area contributed by atoms with E-state index in [0.717, 1.165) is 5.56 Å². The second-order valence-electron chi connectivity index (χ2n) is 8.75. The number of halogens is 2. The van der Waals surface area contributed by atoms with E-state index < -0.39 is 23.6 Å². The van der Waals surface area contributed by atoms with Crippen molar-refractivity contribution in [2.75, 3.05) is 26.7 Å². The van der Waals surface area contributed by atoms with Gasteiger partial charge in [-0.1, -0.05) is 11.6 Å². The van der Waals surface area contributed by atoms with Crippen molar-refractivity contribution in [1.29, 1.82) is 0 Å². The summed E-state index contributed by atoms with van der Waals surface area (Å²) in [5.41, 5.74) is 0.443.